The number of benzene rings is 2. The second-order valence-corrected chi connectivity index (χ2v) is 10.7. The first-order valence-corrected chi connectivity index (χ1v) is 11.0. The first-order chi connectivity index (χ1) is 14.7. The van der Waals surface area contributed by atoms with Crippen LogP contribution >= 0.6 is 0 Å². The molecular weight excluding hydrogens is 415 g/mol. The van der Waals surface area contributed by atoms with E-state index in [9.17, 15) is 18.0 Å². The number of anilines is 1. The number of carbonyl (C=O) groups excluding carboxylic acids is 1. The minimum atomic E-state index is -4.76. The van der Waals surface area contributed by atoms with Gasteiger partial charge in [0, 0.05) is 17.7 Å². The summed E-state index contributed by atoms with van der Waals surface area (Å²) in [4.78, 5) is 12.5. The number of amides is 1. The molecular formula is C26H32F3NO2. The van der Waals surface area contributed by atoms with E-state index in [1.165, 1.54) is 29.3 Å². The lowest BCUT2D eigenvalue weighted by Crippen LogP contribution is -2.33. The highest BCUT2D eigenvalue weighted by molar-refractivity contribution is 5.93. The van der Waals surface area contributed by atoms with Crippen LogP contribution in [0.4, 0.5) is 18.9 Å². The van der Waals surface area contributed by atoms with E-state index in [1.807, 2.05) is 0 Å². The van der Waals surface area contributed by atoms with E-state index < -0.39 is 6.36 Å². The average molecular weight is 448 g/mol. The van der Waals surface area contributed by atoms with Gasteiger partial charge in [-0.3, -0.25) is 4.79 Å². The highest BCUT2D eigenvalue weighted by Gasteiger charge is 2.36. The highest BCUT2D eigenvalue weighted by atomic mass is 19.4. The Morgan fingerprint density at radius 3 is 2.19 bits per heavy atom. The molecule has 1 aliphatic rings. The molecule has 3 rings (SSSR count). The van der Waals surface area contributed by atoms with Crippen LogP contribution in [-0.2, 0) is 10.2 Å². The Morgan fingerprint density at radius 1 is 1.00 bits per heavy atom. The largest absolute Gasteiger partial charge is 0.573 e. The molecule has 0 aliphatic heterocycles. The number of carbonyl (C=O) groups is 1. The van der Waals surface area contributed by atoms with Crippen molar-refractivity contribution in [2.75, 3.05) is 5.32 Å². The second kappa shape index (κ2) is 8.80. The van der Waals surface area contributed by atoms with Crippen molar-refractivity contribution < 1.29 is 22.7 Å². The van der Waals surface area contributed by atoms with Crippen LogP contribution in [0.25, 0.3) is 0 Å². The smallest absolute Gasteiger partial charge is 0.406 e. The van der Waals surface area contributed by atoms with E-state index in [2.05, 4.69) is 68.9 Å². The van der Waals surface area contributed by atoms with Crippen LogP contribution in [-0.4, -0.2) is 12.3 Å². The third-order valence-electron chi connectivity index (χ3n) is 5.98. The van der Waals surface area contributed by atoms with Crippen LogP contribution < -0.4 is 10.1 Å². The highest BCUT2D eigenvalue weighted by Crippen LogP contribution is 2.43. The average Bonchev–Trinajstić information content (AvgIpc) is 2.57. The van der Waals surface area contributed by atoms with Gasteiger partial charge in [-0.2, -0.15) is 0 Å². The summed E-state index contributed by atoms with van der Waals surface area (Å²) < 4.78 is 41.1. The molecule has 1 N–H and O–H groups in total. The van der Waals surface area contributed by atoms with E-state index in [4.69, 9.17) is 0 Å². The molecule has 1 aliphatic carbocycles. The van der Waals surface area contributed by atoms with Gasteiger partial charge in [0.25, 0.3) is 0 Å². The molecule has 0 saturated heterocycles. The summed E-state index contributed by atoms with van der Waals surface area (Å²) >= 11 is 0. The molecule has 0 radical (unpaired) electrons. The standard InChI is InChI=1S/C26H32F3NO2/c1-24(2,3)16-25(4,5)20-11-9-17(10-12-20)18-13-19(14-18)23(31)30-21-7-6-8-22(15-21)32-26(27,28)29/h6-12,15,18-19H,13-14,16H2,1-5H3,(H,30,31). The molecule has 0 spiro atoms. The molecule has 2 aromatic carbocycles. The summed E-state index contributed by atoms with van der Waals surface area (Å²) in [5, 5.41) is 2.71. The number of nitrogens with one attached hydrogen (secondary N) is 1. The Balaban J connectivity index is 1.55. The molecule has 6 heteroatoms. The number of hydrogen-bond donors (Lipinski definition) is 1. The number of halogens is 3. The summed E-state index contributed by atoms with van der Waals surface area (Å²) in [5.41, 5.74) is 3.17. The van der Waals surface area contributed by atoms with Crippen LogP contribution in [0.15, 0.2) is 48.5 Å². The van der Waals surface area contributed by atoms with Crippen molar-refractivity contribution in [2.45, 2.75) is 71.6 Å². The lowest BCUT2D eigenvalue weighted by molar-refractivity contribution is -0.274. The monoisotopic (exact) mass is 447 g/mol. The number of ether oxygens (including phenoxy) is 1. The Bertz CT molecular complexity index is 937. The Kier molecular flexibility index (Phi) is 6.64. The van der Waals surface area contributed by atoms with E-state index >= 15 is 0 Å². The van der Waals surface area contributed by atoms with Crippen molar-refractivity contribution in [3.05, 3.63) is 59.7 Å². The third-order valence-corrected chi connectivity index (χ3v) is 5.98. The van der Waals surface area contributed by atoms with Gasteiger partial charge in [-0.05, 0) is 59.3 Å². The van der Waals surface area contributed by atoms with E-state index in [-0.39, 0.29) is 28.4 Å². The Labute approximate surface area is 188 Å². The van der Waals surface area contributed by atoms with Crippen molar-refractivity contribution in [1.82, 2.24) is 0 Å². The lowest BCUT2D eigenvalue weighted by Gasteiger charge is -2.36. The first kappa shape index (κ1) is 24.1. The zero-order valence-electron chi connectivity index (χ0n) is 19.3. The van der Waals surface area contributed by atoms with Crippen LogP contribution in [0.5, 0.6) is 5.75 Å². The minimum Gasteiger partial charge on any atom is -0.406 e. The summed E-state index contributed by atoms with van der Waals surface area (Å²) in [7, 11) is 0. The Morgan fingerprint density at radius 2 is 1.62 bits per heavy atom. The van der Waals surface area contributed by atoms with Gasteiger partial charge in [0.05, 0.1) is 0 Å². The van der Waals surface area contributed by atoms with Gasteiger partial charge >= 0.3 is 6.36 Å². The number of alkyl halides is 3. The predicted octanol–water partition coefficient (Wildman–Crippen LogP) is 7.43. The zero-order valence-corrected chi connectivity index (χ0v) is 19.3. The fourth-order valence-electron chi connectivity index (χ4n) is 4.75. The van der Waals surface area contributed by atoms with E-state index in [0.717, 1.165) is 19.3 Å². The lowest BCUT2D eigenvalue weighted by atomic mass is 9.69. The van der Waals surface area contributed by atoms with Crippen LogP contribution in [0.3, 0.4) is 0 Å². The van der Waals surface area contributed by atoms with Crippen molar-refractivity contribution in [1.29, 1.82) is 0 Å². The van der Waals surface area contributed by atoms with Gasteiger partial charge in [-0.15, -0.1) is 13.2 Å². The molecule has 32 heavy (non-hydrogen) atoms. The molecule has 0 bridgehead atoms. The second-order valence-electron chi connectivity index (χ2n) is 10.7. The molecule has 0 heterocycles. The summed E-state index contributed by atoms with van der Waals surface area (Å²) in [5.74, 6) is -0.348. The van der Waals surface area contributed by atoms with Crippen molar-refractivity contribution in [3.63, 3.8) is 0 Å². The summed E-state index contributed by atoms with van der Waals surface area (Å²) in [6, 6.07) is 14.1. The Hall–Kier alpha value is -2.50. The summed E-state index contributed by atoms with van der Waals surface area (Å²) in [6.07, 6.45) is -2.22. The number of rotatable bonds is 6. The maximum Gasteiger partial charge on any atom is 0.573 e. The molecule has 0 atom stereocenters. The van der Waals surface area contributed by atoms with Crippen LogP contribution in [0.1, 0.15) is 70.9 Å². The van der Waals surface area contributed by atoms with Gasteiger partial charge < -0.3 is 10.1 Å². The maximum absolute atomic E-state index is 12.5. The fourth-order valence-corrected chi connectivity index (χ4v) is 4.75. The zero-order chi connectivity index (χ0) is 23.7. The molecule has 1 fully saturated rings. The van der Waals surface area contributed by atoms with Gasteiger partial charge in [0.15, 0.2) is 0 Å². The molecule has 3 nitrogen and oxygen atoms in total. The SMILES string of the molecule is CC(C)(C)CC(C)(C)c1ccc(C2CC(C(=O)Nc3cccc(OC(F)(F)F)c3)C2)cc1. The van der Waals surface area contributed by atoms with Crippen molar-refractivity contribution in [3.8, 4) is 5.75 Å². The molecule has 2 aromatic rings. The molecule has 1 amide bonds. The van der Waals surface area contributed by atoms with E-state index in [0.29, 0.717) is 11.6 Å². The fraction of sp³-hybridized carbons (Fsp3) is 0.500. The topological polar surface area (TPSA) is 38.3 Å². The normalized spacial score (nSPS) is 19.2. The van der Waals surface area contributed by atoms with Gasteiger partial charge in [0.1, 0.15) is 5.75 Å². The van der Waals surface area contributed by atoms with Gasteiger partial charge in [-0.25, -0.2) is 0 Å². The minimum absolute atomic E-state index is 0.0865. The molecule has 174 valence electrons. The summed E-state index contributed by atoms with van der Waals surface area (Å²) in [6.45, 7) is 11.3. The van der Waals surface area contributed by atoms with Crippen LogP contribution in [0.2, 0.25) is 0 Å². The molecule has 1 saturated carbocycles. The van der Waals surface area contributed by atoms with E-state index in [1.54, 1.807) is 6.07 Å². The predicted molar refractivity (Wildman–Crippen MR) is 121 cm³/mol. The van der Waals surface area contributed by atoms with Crippen molar-refractivity contribution >= 4 is 11.6 Å². The van der Waals surface area contributed by atoms with Crippen molar-refractivity contribution in [2.24, 2.45) is 11.3 Å². The third kappa shape index (κ3) is 6.50. The quantitative estimate of drug-likeness (QED) is 0.500. The van der Waals surface area contributed by atoms with Gasteiger partial charge in [0.2, 0.25) is 5.91 Å². The maximum atomic E-state index is 12.5. The molecule has 0 aromatic heterocycles. The first-order valence-electron chi connectivity index (χ1n) is 11.0. The molecule has 0 unspecified atom stereocenters. The number of hydrogen-bond acceptors (Lipinski definition) is 2. The van der Waals surface area contributed by atoms with Gasteiger partial charge in [-0.1, -0.05) is 65.0 Å². The van der Waals surface area contributed by atoms with Crippen LogP contribution in [0, 0.1) is 11.3 Å².